The Morgan fingerprint density at radius 1 is 1.08 bits per heavy atom. The summed E-state index contributed by atoms with van der Waals surface area (Å²) < 4.78 is 53.3. The minimum atomic E-state index is -0.511. The molecule has 0 bridgehead atoms. The Labute approximate surface area is 94.6 Å². The molecule has 3 heteroatoms. The van der Waals surface area contributed by atoms with Gasteiger partial charge in [-0.25, -0.2) is 0 Å². The number of hydrogen-bond acceptors (Lipinski definition) is 2. The maximum atomic E-state index is 7.81. The van der Waals surface area contributed by atoms with Crippen LogP contribution in [0, 0.1) is 0 Å². The first-order chi connectivity index (χ1) is 9.25. The highest BCUT2D eigenvalue weighted by atomic mass is 79.9. The highest BCUT2D eigenvalue weighted by molar-refractivity contribution is 9.10. The molecule has 0 aliphatic heterocycles. The summed E-state index contributed by atoms with van der Waals surface area (Å²) in [6.45, 7) is 0. The van der Waals surface area contributed by atoms with Crippen molar-refractivity contribution in [2.45, 2.75) is 0 Å². The lowest BCUT2D eigenvalue weighted by Crippen LogP contribution is -1.84. The molecule has 0 fully saturated rings. The summed E-state index contributed by atoms with van der Waals surface area (Å²) in [6, 6.07) is -2.07. The van der Waals surface area contributed by atoms with Crippen LogP contribution in [0.3, 0.4) is 0 Å². The average Bonchev–Trinajstić information content (AvgIpc) is 2.42. The van der Waals surface area contributed by atoms with Gasteiger partial charge < -0.3 is 0 Å². The summed E-state index contributed by atoms with van der Waals surface area (Å²) >= 11 is 2.97. The normalized spacial score (nSPS) is 17.5. The SMILES string of the molecule is [2H]c1nc(-c2nc([2H])c(Br)c([2H])c2[2H])c([2H])c([2H])c1[2H]. The van der Waals surface area contributed by atoms with Gasteiger partial charge in [0, 0.05) is 16.8 Å². The molecule has 2 rings (SSSR count). The minimum Gasteiger partial charge on any atom is -0.255 e. The summed E-state index contributed by atoms with van der Waals surface area (Å²) in [7, 11) is 0. The van der Waals surface area contributed by atoms with Crippen LogP contribution in [0.4, 0.5) is 0 Å². The number of rotatable bonds is 1. The topological polar surface area (TPSA) is 25.8 Å². The number of halogens is 1. The van der Waals surface area contributed by atoms with Crippen LogP contribution in [-0.2, 0) is 0 Å². The van der Waals surface area contributed by atoms with Gasteiger partial charge in [-0.05, 0) is 40.1 Å². The second-order valence-corrected chi connectivity index (χ2v) is 2.88. The molecule has 0 atom stereocenters. The first-order valence-corrected chi connectivity index (χ1v) is 4.13. The van der Waals surface area contributed by atoms with E-state index in [0.717, 1.165) is 0 Å². The molecule has 64 valence electrons. The number of aromatic nitrogens is 2. The van der Waals surface area contributed by atoms with Crippen LogP contribution in [0.25, 0.3) is 11.4 Å². The van der Waals surface area contributed by atoms with E-state index in [9.17, 15) is 0 Å². The van der Waals surface area contributed by atoms with Crippen LogP contribution in [0.1, 0.15) is 9.60 Å². The molecule has 0 aromatic carbocycles. The molecule has 0 saturated carbocycles. The van der Waals surface area contributed by atoms with Gasteiger partial charge in [0.2, 0.25) is 0 Å². The Morgan fingerprint density at radius 2 is 1.92 bits per heavy atom. The molecule has 0 spiro atoms. The Balaban J connectivity index is 2.83. The maximum Gasteiger partial charge on any atom is 0.0886 e. The molecule has 2 nitrogen and oxygen atoms in total. The first kappa shape index (κ1) is 3.50. The molecule has 0 unspecified atom stereocenters. The Hall–Kier alpha value is -1.22. The van der Waals surface area contributed by atoms with E-state index in [1.54, 1.807) is 0 Å². The van der Waals surface area contributed by atoms with Crippen molar-refractivity contribution in [3.63, 3.8) is 0 Å². The third kappa shape index (κ3) is 1.92. The minimum absolute atomic E-state index is 0.0482. The van der Waals surface area contributed by atoms with Crippen molar-refractivity contribution in [2.24, 2.45) is 0 Å². The molecular formula is C10H7BrN2. The Bertz CT molecular complexity index is 658. The van der Waals surface area contributed by atoms with E-state index in [4.69, 9.17) is 9.60 Å². The summed E-state index contributed by atoms with van der Waals surface area (Å²) in [4.78, 5) is 7.46. The molecule has 2 aromatic rings. The highest BCUT2D eigenvalue weighted by Crippen LogP contribution is 2.15. The van der Waals surface area contributed by atoms with E-state index in [0.29, 0.717) is 0 Å². The van der Waals surface area contributed by atoms with Crippen molar-refractivity contribution < 1.29 is 9.60 Å². The molecular weight excluding hydrogens is 228 g/mol. The number of pyridine rings is 2. The Kier molecular flexibility index (Phi) is 0.986. The maximum absolute atomic E-state index is 7.81. The zero-order valence-electron chi connectivity index (χ0n) is 13.3. The van der Waals surface area contributed by atoms with E-state index in [-0.39, 0.29) is 34.1 Å². The van der Waals surface area contributed by atoms with Crippen molar-refractivity contribution in [1.29, 1.82) is 0 Å². The summed E-state index contributed by atoms with van der Waals surface area (Å²) in [6.07, 6.45) is -0.807. The lowest BCUT2D eigenvalue weighted by atomic mass is 10.2. The van der Waals surface area contributed by atoms with Crippen molar-refractivity contribution in [2.75, 3.05) is 0 Å². The van der Waals surface area contributed by atoms with E-state index >= 15 is 0 Å². The lowest BCUT2D eigenvalue weighted by Gasteiger charge is -1.97. The fraction of sp³-hybridized carbons (Fsp3) is 0. The van der Waals surface area contributed by atoms with Crippen LogP contribution in [-0.4, -0.2) is 9.97 Å². The third-order valence-electron chi connectivity index (χ3n) is 1.25. The third-order valence-corrected chi connectivity index (χ3v) is 1.62. The van der Waals surface area contributed by atoms with Crippen LogP contribution in [0.2, 0.25) is 0 Å². The van der Waals surface area contributed by atoms with Gasteiger partial charge >= 0.3 is 0 Å². The second-order valence-electron chi connectivity index (χ2n) is 2.08. The van der Waals surface area contributed by atoms with Crippen LogP contribution in [0.15, 0.2) is 47.0 Å². The molecule has 2 aromatic heterocycles. The van der Waals surface area contributed by atoms with Crippen molar-refractivity contribution in [3.8, 4) is 11.4 Å². The second kappa shape index (κ2) is 3.66. The fourth-order valence-corrected chi connectivity index (χ4v) is 0.917. The molecule has 0 saturated heterocycles. The molecule has 2 heterocycles. The highest BCUT2D eigenvalue weighted by Gasteiger charge is 1.97. The molecule has 0 aliphatic rings. The zero-order chi connectivity index (χ0) is 15.2. The molecule has 0 radical (unpaired) electrons. The van der Waals surface area contributed by atoms with Crippen LogP contribution >= 0.6 is 15.9 Å². The van der Waals surface area contributed by atoms with Gasteiger partial charge in [-0.15, -0.1) is 0 Å². The summed E-state index contributed by atoms with van der Waals surface area (Å²) in [5.74, 6) is 0. The van der Waals surface area contributed by atoms with Crippen LogP contribution < -0.4 is 0 Å². The molecule has 13 heavy (non-hydrogen) atoms. The predicted molar refractivity (Wildman–Crippen MR) is 55.2 cm³/mol. The van der Waals surface area contributed by atoms with Gasteiger partial charge in [-0.1, -0.05) is 6.04 Å². The summed E-state index contributed by atoms with van der Waals surface area (Å²) in [5.41, 5.74) is -0.453. The lowest BCUT2D eigenvalue weighted by molar-refractivity contribution is 1.24. The smallest absolute Gasteiger partial charge is 0.0886 e. The van der Waals surface area contributed by atoms with Gasteiger partial charge in [0.05, 0.1) is 21.0 Å². The monoisotopic (exact) mass is 241 g/mol. The molecule has 0 N–H and O–H groups in total. The van der Waals surface area contributed by atoms with Gasteiger partial charge in [0.25, 0.3) is 0 Å². The van der Waals surface area contributed by atoms with Crippen molar-refractivity contribution in [1.82, 2.24) is 9.97 Å². The first-order valence-electron chi connectivity index (χ1n) is 6.83. The zero-order valence-corrected chi connectivity index (χ0v) is 7.86. The van der Waals surface area contributed by atoms with Gasteiger partial charge in [-0.3, -0.25) is 9.97 Å². The van der Waals surface area contributed by atoms with Gasteiger partial charge in [-0.2, -0.15) is 0 Å². The number of hydrogen-bond donors (Lipinski definition) is 0. The van der Waals surface area contributed by atoms with Crippen molar-refractivity contribution in [3.05, 3.63) is 47.0 Å². The largest absolute Gasteiger partial charge is 0.255 e. The fourth-order valence-electron chi connectivity index (χ4n) is 0.729. The predicted octanol–water partition coefficient (Wildman–Crippen LogP) is 2.91. The number of nitrogens with zero attached hydrogens (tertiary/aromatic N) is 2. The van der Waals surface area contributed by atoms with Gasteiger partial charge in [0.15, 0.2) is 0 Å². The van der Waals surface area contributed by atoms with Gasteiger partial charge in [0.1, 0.15) is 0 Å². The summed E-state index contributed by atoms with van der Waals surface area (Å²) in [5, 5.41) is 0. The standard InChI is InChI=1S/C10H7BrN2/c11-8-4-5-10(13-7-8)9-3-1-2-6-12-9/h1-7H/i1D,2D,3D,4D,5D,6D,7D. The van der Waals surface area contributed by atoms with E-state index in [1.165, 1.54) is 0 Å². The average molecular weight is 242 g/mol. The van der Waals surface area contributed by atoms with E-state index in [2.05, 4.69) is 25.9 Å². The van der Waals surface area contributed by atoms with Crippen LogP contribution in [0.5, 0.6) is 0 Å². The molecule has 0 amide bonds. The Morgan fingerprint density at radius 3 is 2.85 bits per heavy atom. The molecule has 0 aliphatic carbocycles. The van der Waals surface area contributed by atoms with Crippen molar-refractivity contribution >= 4 is 15.9 Å². The van der Waals surface area contributed by atoms with E-state index in [1.807, 2.05) is 0 Å². The van der Waals surface area contributed by atoms with E-state index < -0.39 is 24.3 Å². The quantitative estimate of drug-likeness (QED) is 0.768.